The monoisotopic (exact) mass is 387 g/mol. The number of H-pyrrole nitrogens is 1. The van der Waals surface area contributed by atoms with Gasteiger partial charge in [-0.1, -0.05) is 45.7 Å². The number of fused-ring (bicyclic) bond motifs is 1. The summed E-state index contributed by atoms with van der Waals surface area (Å²) in [5.41, 5.74) is 4.75. The molecule has 1 heterocycles. The fourth-order valence-corrected chi connectivity index (χ4v) is 3.36. The van der Waals surface area contributed by atoms with E-state index in [9.17, 15) is 4.79 Å². The van der Waals surface area contributed by atoms with E-state index in [0.29, 0.717) is 7.28 Å². The molecule has 2 aromatic carbocycles. The lowest BCUT2D eigenvalue weighted by atomic mass is 9.65. The first-order valence-corrected chi connectivity index (χ1v) is 8.73. The molecular formula is C18H16BBrClNO. The Morgan fingerprint density at radius 3 is 2.61 bits per heavy atom. The van der Waals surface area contributed by atoms with Crippen LogP contribution in [0.1, 0.15) is 18.2 Å². The van der Waals surface area contributed by atoms with Crippen LogP contribution in [-0.2, 0) is 17.6 Å². The first-order chi connectivity index (χ1) is 11.0. The average molecular weight is 389 g/mol. The van der Waals surface area contributed by atoms with Gasteiger partial charge in [0.2, 0.25) is 7.28 Å². The molecule has 2 nitrogen and oxygen atoms in total. The number of nitrogens with one attached hydrogen (secondary N) is 1. The van der Waals surface area contributed by atoms with E-state index in [-0.39, 0.29) is 5.68 Å². The van der Waals surface area contributed by atoms with Crippen LogP contribution < -0.4 is 5.46 Å². The van der Waals surface area contributed by atoms with Crippen LogP contribution in [0.25, 0.3) is 10.9 Å². The van der Waals surface area contributed by atoms with Crippen LogP contribution in [-0.4, -0.2) is 17.9 Å². The van der Waals surface area contributed by atoms with Crippen molar-refractivity contribution in [3.05, 3.63) is 63.2 Å². The molecule has 0 aliphatic carbocycles. The maximum atomic E-state index is 11.6. The SMILES string of the molecule is CC(=O)Bc1c(CCc2ccc(Cl)cc2)[nH]c2cc(Br)ccc12. The fourth-order valence-electron chi connectivity index (χ4n) is 2.87. The van der Waals surface area contributed by atoms with Crippen molar-refractivity contribution < 1.29 is 4.79 Å². The van der Waals surface area contributed by atoms with Crippen molar-refractivity contribution in [2.45, 2.75) is 19.8 Å². The summed E-state index contributed by atoms with van der Waals surface area (Å²) in [6.07, 6.45) is 1.78. The highest BCUT2D eigenvalue weighted by atomic mass is 79.9. The number of hydrogen-bond donors (Lipinski definition) is 1. The molecule has 0 spiro atoms. The van der Waals surface area contributed by atoms with Crippen molar-refractivity contribution in [2.24, 2.45) is 0 Å². The van der Waals surface area contributed by atoms with Crippen LogP contribution in [0.4, 0.5) is 0 Å². The number of benzene rings is 2. The van der Waals surface area contributed by atoms with E-state index in [1.54, 1.807) is 6.92 Å². The topological polar surface area (TPSA) is 32.9 Å². The molecule has 1 N–H and O–H groups in total. The fraction of sp³-hybridized carbons (Fsp3) is 0.167. The second-order valence-corrected chi connectivity index (χ2v) is 7.13. The molecule has 3 rings (SSSR count). The highest BCUT2D eigenvalue weighted by molar-refractivity contribution is 9.10. The lowest BCUT2D eigenvalue weighted by molar-refractivity contribution is -0.110. The minimum absolute atomic E-state index is 0.182. The maximum absolute atomic E-state index is 11.6. The molecule has 0 saturated heterocycles. The molecule has 3 aromatic rings. The number of aromatic amines is 1. The third kappa shape index (κ3) is 3.88. The summed E-state index contributed by atoms with van der Waals surface area (Å²) in [5.74, 6) is 0. The van der Waals surface area contributed by atoms with Crippen molar-refractivity contribution in [1.29, 1.82) is 0 Å². The van der Waals surface area contributed by atoms with Gasteiger partial charge in [-0.2, -0.15) is 0 Å². The van der Waals surface area contributed by atoms with E-state index in [4.69, 9.17) is 11.6 Å². The van der Waals surface area contributed by atoms with E-state index < -0.39 is 0 Å². The van der Waals surface area contributed by atoms with Crippen LogP contribution in [0.2, 0.25) is 5.02 Å². The summed E-state index contributed by atoms with van der Waals surface area (Å²) in [7, 11) is 0.470. The summed E-state index contributed by atoms with van der Waals surface area (Å²) in [4.78, 5) is 15.1. The molecule has 0 saturated carbocycles. The molecule has 0 radical (unpaired) electrons. The number of hydrogen-bond acceptors (Lipinski definition) is 1. The van der Waals surface area contributed by atoms with E-state index in [1.165, 1.54) is 5.56 Å². The average Bonchev–Trinajstić information content (AvgIpc) is 2.83. The molecule has 23 heavy (non-hydrogen) atoms. The molecule has 5 heteroatoms. The van der Waals surface area contributed by atoms with Gasteiger partial charge in [0.15, 0.2) is 0 Å². The molecule has 0 aliphatic heterocycles. The van der Waals surface area contributed by atoms with Crippen LogP contribution in [0.3, 0.4) is 0 Å². The third-order valence-corrected chi connectivity index (χ3v) is 4.70. The Balaban J connectivity index is 1.91. The van der Waals surface area contributed by atoms with Crippen molar-refractivity contribution in [1.82, 2.24) is 4.98 Å². The highest BCUT2D eigenvalue weighted by Crippen LogP contribution is 2.20. The van der Waals surface area contributed by atoms with Gasteiger partial charge in [-0.25, -0.2) is 0 Å². The number of halogens is 2. The van der Waals surface area contributed by atoms with Gasteiger partial charge in [0, 0.05) is 20.7 Å². The normalized spacial score (nSPS) is 10.9. The Kier molecular flexibility index (Phi) is 4.93. The Morgan fingerprint density at radius 2 is 1.91 bits per heavy atom. The predicted octanol–water partition coefficient (Wildman–Crippen LogP) is 3.98. The molecule has 0 unspecified atom stereocenters. The second-order valence-electron chi connectivity index (χ2n) is 5.78. The van der Waals surface area contributed by atoms with Crippen molar-refractivity contribution in [2.75, 3.05) is 0 Å². The van der Waals surface area contributed by atoms with Gasteiger partial charge in [-0.05, 0) is 60.4 Å². The Labute approximate surface area is 149 Å². The summed E-state index contributed by atoms with van der Waals surface area (Å²) < 4.78 is 1.03. The van der Waals surface area contributed by atoms with Gasteiger partial charge in [0.05, 0.1) is 5.68 Å². The number of carbonyl (C=O) groups excluding carboxylic acids is 1. The zero-order chi connectivity index (χ0) is 16.4. The van der Waals surface area contributed by atoms with Gasteiger partial charge >= 0.3 is 0 Å². The van der Waals surface area contributed by atoms with Crippen molar-refractivity contribution in [3.8, 4) is 0 Å². The Morgan fingerprint density at radius 1 is 1.17 bits per heavy atom. The third-order valence-electron chi connectivity index (χ3n) is 3.96. The number of aryl methyl sites for hydroxylation is 2. The molecule has 116 valence electrons. The van der Waals surface area contributed by atoms with E-state index in [2.05, 4.69) is 33.0 Å². The van der Waals surface area contributed by atoms with Crippen molar-refractivity contribution >= 4 is 56.9 Å². The van der Waals surface area contributed by atoms with Gasteiger partial charge in [0.1, 0.15) is 0 Å². The summed E-state index contributed by atoms with van der Waals surface area (Å²) in [6, 6.07) is 14.1. The molecule has 0 fully saturated rings. The molecule has 1 aromatic heterocycles. The van der Waals surface area contributed by atoms with Gasteiger partial charge in [-0.3, -0.25) is 0 Å². The predicted molar refractivity (Wildman–Crippen MR) is 102 cm³/mol. The summed E-state index contributed by atoms with van der Waals surface area (Å²) in [5, 5.41) is 1.89. The summed E-state index contributed by atoms with van der Waals surface area (Å²) in [6.45, 7) is 1.64. The van der Waals surface area contributed by atoms with E-state index in [1.807, 2.05) is 30.3 Å². The van der Waals surface area contributed by atoms with Crippen LogP contribution in [0.15, 0.2) is 46.9 Å². The van der Waals surface area contributed by atoms with Crippen molar-refractivity contribution in [3.63, 3.8) is 0 Å². The molecule has 0 atom stereocenters. The van der Waals surface area contributed by atoms with Crippen LogP contribution in [0.5, 0.6) is 0 Å². The van der Waals surface area contributed by atoms with Gasteiger partial charge in [-0.15, -0.1) is 0 Å². The Bertz CT molecular complexity index is 857. The quantitative estimate of drug-likeness (QED) is 0.659. The molecule has 0 amide bonds. The second kappa shape index (κ2) is 6.94. The maximum Gasteiger partial charge on any atom is 0.241 e. The molecular weight excluding hydrogens is 372 g/mol. The zero-order valence-electron chi connectivity index (χ0n) is 12.8. The smallest absolute Gasteiger partial charge is 0.241 e. The zero-order valence-corrected chi connectivity index (χ0v) is 15.2. The first-order valence-electron chi connectivity index (χ1n) is 7.56. The first kappa shape index (κ1) is 16.3. The summed E-state index contributed by atoms with van der Waals surface area (Å²) >= 11 is 9.43. The largest absolute Gasteiger partial charge is 0.359 e. The number of aromatic nitrogens is 1. The van der Waals surface area contributed by atoms with Gasteiger partial charge in [0.25, 0.3) is 0 Å². The van der Waals surface area contributed by atoms with Crippen LogP contribution >= 0.6 is 27.5 Å². The van der Waals surface area contributed by atoms with E-state index in [0.717, 1.165) is 44.4 Å². The molecule has 0 bridgehead atoms. The highest BCUT2D eigenvalue weighted by Gasteiger charge is 2.14. The standard InChI is InChI=1S/C18H16BBrClNO/c1-11(23)19-18-15-8-5-13(20)10-17(15)22-16(18)9-4-12-2-6-14(21)7-3-12/h2-3,5-8,10,19,22H,4,9H2,1H3. The van der Waals surface area contributed by atoms with E-state index >= 15 is 0 Å². The number of carbonyl (C=O) groups is 1. The lowest BCUT2D eigenvalue weighted by Gasteiger charge is -2.04. The number of rotatable bonds is 5. The minimum atomic E-state index is 0.182. The Hall–Kier alpha value is -1.52. The minimum Gasteiger partial charge on any atom is -0.359 e. The van der Waals surface area contributed by atoms with Gasteiger partial charge < -0.3 is 9.78 Å². The lowest BCUT2D eigenvalue weighted by Crippen LogP contribution is -2.24. The molecule has 0 aliphatic rings. The van der Waals surface area contributed by atoms with Crippen LogP contribution in [0, 0.1) is 0 Å².